The molecule has 8 heteroatoms. The number of ether oxygens (including phenoxy) is 1. The molecule has 4 nitrogen and oxygen atoms in total. The standard InChI is InChI=1S/C28H20F4N2O2/c1-36-19-9-6-17(7-10-19)18-8-11-20-25(14-18)34(24-4-2-3-21(26(20)24)27(33)35)15-16-5-12-23(29)22(13-16)28(30,31)32/h2-14H,15H2,1H3,(H2,33,35). The SMILES string of the molecule is COc1ccc(-c2ccc3c4c(C(N)=O)cccc4n(Cc4ccc(F)c(C(F)(F)F)c4)c3c2)cc1. The zero-order chi connectivity index (χ0) is 25.6. The van der Waals surface area contributed by atoms with Crippen molar-refractivity contribution in [3.05, 3.63) is 101 Å². The van der Waals surface area contributed by atoms with E-state index in [1.54, 1.807) is 25.3 Å². The van der Waals surface area contributed by atoms with Crippen molar-refractivity contribution in [1.82, 2.24) is 4.57 Å². The van der Waals surface area contributed by atoms with Crippen LogP contribution in [0.1, 0.15) is 21.5 Å². The van der Waals surface area contributed by atoms with E-state index in [0.29, 0.717) is 27.7 Å². The van der Waals surface area contributed by atoms with Crippen LogP contribution in [0.25, 0.3) is 32.9 Å². The molecule has 0 aliphatic carbocycles. The number of aromatic nitrogens is 1. The molecule has 5 aromatic rings. The van der Waals surface area contributed by atoms with Crippen molar-refractivity contribution in [2.45, 2.75) is 12.7 Å². The molecule has 0 radical (unpaired) electrons. The van der Waals surface area contributed by atoms with Crippen LogP contribution in [0, 0.1) is 5.82 Å². The number of hydrogen-bond donors (Lipinski definition) is 1. The van der Waals surface area contributed by atoms with Gasteiger partial charge in [0.25, 0.3) is 0 Å². The Hall–Kier alpha value is -4.33. The van der Waals surface area contributed by atoms with Gasteiger partial charge in [0.1, 0.15) is 11.6 Å². The fourth-order valence-corrected chi connectivity index (χ4v) is 4.55. The third-order valence-electron chi connectivity index (χ3n) is 6.26. The molecule has 0 atom stereocenters. The van der Waals surface area contributed by atoms with Crippen LogP contribution in [0.15, 0.2) is 78.9 Å². The van der Waals surface area contributed by atoms with E-state index in [2.05, 4.69) is 0 Å². The maximum absolute atomic E-state index is 13.9. The Kier molecular flexibility index (Phi) is 5.67. The maximum Gasteiger partial charge on any atom is 0.419 e. The van der Waals surface area contributed by atoms with Gasteiger partial charge >= 0.3 is 6.18 Å². The van der Waals surface area contributed by atoms with E-state index >= 15 is 0 Å². The van der Waals surface area contributed by atoms with Gasteiger partial charge in [0.2, 0.25) is 5.91 Å². The second-order valence-electron chi connectivity index (χ2n) is 8.42. The molecule has 1 aromatic heterocycles. The van der Waals surface area contributed by atoms with E-state index < -0.39 is 23.5 Å². The Morgan fingerprint density at radius 3 is 2.31 bits per heavy atom. The van der Waals surface area contributed by atoms with E-state index in [1.165, 1.54) is 6.07 Å². The second-order valence-corrected chi connectivity index (χ2v) is 8.42. The van der Waals surface area contributed by atoms with Crippen molar-refractivity contribution in [1.29, 1.82) is 0 Å². The van der Waals surface area contributed by atoms with Crippen LogP contribution < -0.4 is 10.5 Å². The summed E-state index contributed by atoms with van der Waals surface area (Å²) in [4.78, 5) is 12.2. The quantitative estimate of drug-likeness (QED) is 0.275. The molecule has 0 aliphatic rings. The molecule has 0 spiro atoms. The highest BCUT2D eigenvalue weighted by Crippen LogP contribution is 2.36. The van der Waals surface area contributed by atoms with Crippen LogP contribution >= 0.6 is 0 Å². The Bertz CT molecular complexity index is 1620. The van der Waals surface area contributed by atoms with E-state index in [4.69, 9.17) is 10.5 Å². The van der Waals surface area contributed by atoms with Gasteiger partial charge in [-0.2, -0.15) is 13.2 Å². The molecule has 1 heterocycles. The average molecular weight is 492 g/mol. The third-order valence-corrected chi connectivity index (χ3v) is 6.26. The number of primary amides is 1. The number of amides is 1. The third kappa shape index (κ3) is 4.04. The van der Waals surface area contributed by atoms with Crippen molar-refractivity contribution in [2.24, 2.45) is 5.73 Å². The molecule has 4 aromatic carbocycles. The largest absolute Gasteiger partial charge is 0.497 e. The number of rotatable bonds is 5. The fourth-order valence-electron chi connectivity index (χ4n) is 4.55. The van der Waals surface area contributed by atoms with Gasteiger partial charge in [0, 0.05) is 22.9 Å². The van der Waals surface area contributed by atoms with Gasteiger partial charge in [-0.3, -0.25) is 4.79 Å². The van der Waals surface area contributed by atoms with Crippen LogP contribution in [-0.4, -0.2) is 17.6 Å². The molecule has 1 amide bonds. The highest BCUT2D eigenvalue weighted by molar-refractivity contribution is 6.18. The molecule has 182 valence electrons. The minimum Gasteiger partial charge on any atom is -0.497 e. The molecule has 0 aliphatic heterocycles. The van der Waals surface area contributed by atoms with Gasteiger partial charge in [-0.25, -0.2) is 4.39 Å². The smallest absolute Gasteiger partial charge is 0.419 e. The summed E-state index contributed by atoms with van der Waals surface area (Å²) < 4.78 is 61.0. The number of nitrogens with zero attached hydrogens (tertiary/aromatic N) is 1. The zero-order valence-electron chi connectivity index (χ0n) is 19.1. The number of alkyl halides is 3. The normalized spacial score (nSPS) is 11.8. The van der Waals surface area contributed by atoms with Crippen molar-refractivity contribution in [3.63, 3.8) is 0 Å². The highest BCUT2D eigenvalue weighted by Gasteiger charge is 2.34. The van der Waals surface area contributed by atoms with Crippen molar-refractivity contribution in [3.8, 4) is 16.9 Å². The van der Waals surface area contributed by atoms with Crippen molar-refractivity contribution in [2.75, 3.05) is 7.11 Å². The molecule has 0 saturated carbocycles. The van der Waals surface area contributed by atoms with Crippen LogP contribution in [0.5, 0.6) is 5.75 Å². The van der Waals surface area contributed by atoms with Gasteiger partial charge in [-0.1, -0.05) is 36.4 Å². The molecule has 0 bridgehead atoms. The summed E-state index contributed by atoms with van der Waals surface area (Å²) in [7, 11) is 1.58. The number of nitrogens with two attached hydrogens (primary N) is 1. The molecule has 5 rings (SSSR count). The highest BCUT2D eigenvalue weighted by atomic mass is 19.4. The van der Waals surface area contributed by atoms with Crippen LogP contribution in [0.4, 0.5) is 17.6 Å². The number of halogens is 4. The number of hydrogen-bond acceptors (Lipinski definition) is 2. The summed E-state index contributed by atoms with van der Waals surface area (Å²) in [5, 5.41) is 1.34. The Morgan fingerprint density at radius 2 is 1.64 bits per heavy atom. The van der Waals surface area contributed by atoms with Crippen LogP contribution in [0.3, 0.4) is 0 Å². The predicted molar refractivity (Wildman–Crippen MR) is 130 cm³/mol. The average Bonchev–Trinajstić information content (AvgIpc) is 3.17. The topological polar surface area (TPSA) is 57.2 Å². The van der Waals surface area contributed by atoms with Crippen molar-refractivity contribution < 1.29 is 27.1 Å². The maximum atomic E-state index is 13.9. The van der Waals surface area contributed by atoms with E-state index in [9.17, 15) is 22.4 Å². The van der Waals surface area contributed by atoms with Gasteiger partial charge < -0.3 is 15.0 Å². The molecular formula is C28H20F4N2O2. The van der Waals surface area contributed by atoms with Gasteiger partial charge in [-0.05, 0) is 59.2 Å². The van der Waals surface area contributed by atoms with Gasteiger partial charge in [0.05, 0.1) is 23.7 Å². The van der Waals surface area contributed by atoms with E-state index in [1.807, 2.05) is 47.0 Å². The van der Waals surface area contributed by atoms with Crippen LogP contribution in [-0.2, 0) is 12.7 Å². The zero-order valence-corrected chi connectivity index (χ0v) is 19.1. The molecular weight excluding hydrogens is 472 g/mol. The first-order valence-electron chi connectivity index (χ1n) is 11.0. The molecule has 36 heavy (non-hydrogen) atoms. The summed E-state index contributed by atoms with van der Waals surface area (Å²) >= 11 is 0. The van der Waals surface area contributed by atoms with E-state index in [0.717, 1.165) is 28.6 Å². The minimum atomic E-state index is -4.82. The lowest BCUT2D eigenvalue weighted by atomic mass is 10.0. The monoisotopic (exact) mass is 492 g/mol. The lowest BCUT2D eigenvalue weighted by Gasteiger charge is -2.13. The first-order valence-corrected chi connectivity index (χ1v) is 11.0. The summed E-state index contributed by atoms with van der Waals surface area (Å²) in [6.45, 7) is 0.0254. The van der Waals surface area contributed by atoms with Crippen LogP contribution in [0.2, 0.25) is 0 Å². The Morgan fingerprint density at radius 1 is 0.917 bits per heavy atom. The summed E-state index contributed by atoms with van der Waals surface area (Å²) in [5.41, 5.74) is 7.99. The molecule has 0 unspecified atom stereocenters. The number of methoxy groups -OCH3 is 1. The van der Waals surface area contributed by atoms with Crippen molar-refractivity contribution >= 4 is 27.7 Å². The first-order chi connectivity index (χ1) is 17.2. The lowest BCUT2D eigenvalue weighted by molar-refractivity contribution is -0.140. The van der Waals surface area contributed by atoms with Gasteiger partial charge in [0.15, 0.2) is 0 Å². The summed E-state index contributed by atoms with van der Waals surface area (Å²) in [5.74, 6) is -1.23. The summed E-state index contributed by atoms with van der Waals surface area (Å²) in [6, 6.07) is 21.2. The Labute approximate surface area is 203 Å². The summed E-state index contributed by atoms with van der Waals surface area (Å²) in [6.07, 6.45) is -4.82. The second kappa shape index (κ2) is 8.71. The number of fused-ring (bicyclic) bond motifs is 3. The molecule has 2 N–H and O–H groups in total. The first kappa shape index (κ1) is 23.4. The Balaban J connectivity index is 1.74. The molecule has 0 fully saturated rings. The fraction of sp³-hybridized carbons (Fsp3) is 0.107. The van der Waals surface area contributed by atoms with E-state index in [-0.39, 0.29) is 12.1 Å². The van der Waals surface area contributed by atoms with Gasteiger partial charge in [-0.15, -0.1) is 0 Å². The number of carbonyl (C=O) groups is 1. The molecule has 0 saturated heterocycles. The minimum absolute atomic E-state index is 0.0254. The predicted octanol–water partition coefficient (Wildman–Crippen LogP) is 6.78. The lowest BCUT2D eigenvalue weighted by Crippen LogP contribution is -2.11. The number of benzene rings is 4. The number of carbonyl (C=O) groups excluding carboxylic acids is 1.